The third-order valence-corrected chi connectivity index (χ3v) is 8.89. The van der Waals surface area contributed by atoms with E-state index in [2.05, 4.69) is 0 Å². The summed E-state index contributed by atoms with van der Waals surface area (Å²) in [4.78, 5) is 27.6. The molecule has 1 aliphatic rings. The van der Waals surface area contributed by atoms with Crippen molar-refractivity contribution in [1.82, 2.24) is 4.31 Å². The predicted octanol–water partition coefficient (Wildman–Crippen LogP) is 6.34. The summed E-state index contributed by atoms with van der Waals surface area (Å²) in [5.41, 5.74) is 1.51. The van der Waals surface area contributed by atoms with Gasteiger partial charge in [-0.15, -0.1) is 0 Å². The number of anilines is 1. The van der Waals surface area contributed by atoms with Gasteiger partial charge >= 0.3 is 5.97 Å². The summed E-state index contributed by atoms with van der Waals surface area (Å²) in [7, 11) is -2.76. The van der Waals surface area contributed by atoms with Crippen molar-refractivity contribution in [3.63, 3.8) is 0 Å². The lowest BCUT2D eigenvalue weighted by Crippen LogP contribution is -2.30. The quantitative estimate of drug-likeness (QED) is 0.160. The molecule has 1 aromatic heterocycles. The number of carbonyl (C=O) groups excluding carboxylic acids is 2. The number of esters is 1. The van der Waals surface area contributed by atoms with Crippen LogP contribution < -0.4 is 4.90 Å². The van der Waals surface area contributed by atoms with E-state index in [0.717, 1.165) is 5.56 Å². The second-order valence-corrected chi connectivity index (χ2v) is 12.0. The van der Waals surface area contributed by atoms with Gasteiger partial charge in [-0.05, 0) is 79.2 Å². The molecule has 1 amide bonds. The Hall–Kier alpha value is -4.51. The fourth-order valence-electron chi connectivity index (χ4n) is 4.72. The van der Waals surface area contributed by atoms with Crippen molar-refractivity contribution in [3.05, 3.63) is 136 Å². The molecule has 0 aliphatic carbocycles. The van der Waals surface area contributed by atoms with E-state index in [0.29, 0.717) is 22.2 Å². The fourth-order valence-corrected chi connectivity index (χ4v) is 6.24. The van der Waals surface area contributed by atoms with Gasteiger partial charge in [0.25, 0.3) is 5.91 Å². The molecule has 8 nitrogen and oxygen atoms in total. The number of allylic oxidation sites excluding steroid dienone is 1. The van der Waals surface area contributed by atoms with Crippen LogP contribution in [0.4, 0.5) is 10.1 Å². The van der Waals surface area contributed by atoms with Crippen LogP contribution in [0.1, 0.15) is 24.0 Å². The molecule has 0 radical (unpaired) electrons. The third-order valence-electron chi connectivity index (χ3n) is 6.83. The van der Waals surface area contributed by atoms with Crippen molar-refractivity contribution in [1.29, 1.82) is 0 Å². The first-order valence-electron chi connectivity index (χ1n) is 13.1. The zero-order chi connectivity index (χ0) is 30.7. The molecule has 0 spiro atoms. The highest BCUT2D eigenvalue weighted by atomic mass is 35.5. The molecule has 3 aromatic carbocycles. The van der Waals surface area contributed by atoms with E-state index in [-0.39, 0.29) is 34.9 Å². The van der Waals surface area contributed by atoms with Gasteiger partial charge in [-0.2, -0.15) is 4.31 Å². The van der Waals surface area contributed by atoms with Crippen LogP contribution in [0.5, 0.6) is 0 Å². The van der Waals surface area contributed by atoms with Gasteiger partial charge in [-0.1, -0.05) is 41.9 Å². The number of furan rings is 1. The number of sulfonamides is 1. The number of ether oxygens (including phenoxy) is 1. The Balaban J connectivity index is 1.48. The number of hydrogen-bond donors (Lipinski definition) is 0. The summed E-state index contributed by atoms with van der Waals surface area (Å²) in [6, 6.07) is 23.5. The van der Waals surface area contributed by atoms with E-state index < -0.39 is 27.7 Å². The SMILES string of the molecule is COC(=O)C1=C(C)N(c2ccc(F)cc2)C(=O)/C1=C/c1ccc(CN(Cc2ccccc2)S(=O)(=O)c2ccc(Cl)cc2)o1. The summed E-state index contributed by atoms with van der Waals surface area (Å²) < 4.78 is 53.0. The van der Waals surface area contributed by atoms with Gasteiger partial charge in [0.1, 0.15) is 17.3 Å². The minimum absolute atomic E-state index is 0.0181. The number of hydrogen-bond acceptors (Lipinski definition) is 6. The van der Waals surface area contributed by atoms with Crippen molar-refractivity contribution < 1.29 is 31.6 Å². The first kappa shape index (κ1) is 30.0. The van der Waals surface area contributed by atoms with Crippen molar-refractivity contribution in [3.8, 4) is 0 Å². The first-order valence-corrected chi connectivity index (χ1v) is 14.9. The molecule has 2 heterocycles. The van der Waals surface area contributed by atoms with Crippen LogP contribution in [0.3, 0.4) is 0 Å². The molecule has 5 rings (SSSR count). The standard InChI is InChI=1S/C32H26ClFN2O6S/c1-21-30(32(38)41-2)29(31(37)36(21)25-12-10-24(34)11-13-25)18-26-14-15-27(42-26)20-35(19-22-6-4-3-5-7-22)43(39,40)28-16-8-23(33)9-17-28/h3-18H,19-20H2,1-2H3/b29-18+. The van der Waals surface area contributed by atoms with Gasteiger partial charge in [0.2, 0.25) is 10.0 Å². The minimum Gasteiger partial charge on any atom is -0.465 e. The van der Waals surface area contributed by atoms with Gasteiger partial charge in [-0.25, -0.2) is 17.6 Å². The smallest absolute Gasteiger partial charge is 0.340 e. The normalized spacial score (nSPS) is 14.7. The molecule has 43 heavy (non-hydrogen) atoms. The van der Waals surface area contributed by atoms with E-state index in [1.807, 2.05) is 30.3 Å². The lowest BCUT2D eigenvalue weighted by Gasteiger charge is -2.21. The molecular formula is C32H26ClFN2O6S. The Morgan fingerprint density at radius 3 is 2.30 bits per heavy atom. The largest absolute Gasteiger partial charge is 0.465 e. The molecule has 0 fully saturated rings. The number of nitrogens with zero attached hydrogens (tertiary/aromatic N) is 2. The number of benzene rings is 3. The maximum atomic E-state index is 13.7. The molecule has 220 valence electrons. The number of rotatable bonds is 9. The van der Waals surface area contributed by atoms with Crippen molar-refractivity contribution in [2.24, 2.45) is 0 Å². The van der Waals surface area contributed by atoms with Crippen molar-refractivity contribution in [2.45, 2.75) is 24.9 Å². The van der Waals surface area contributed by atoms with Crippen LogP contribution in [-0.2, 0) is 37.4 Å². The van der Waals surface area contributed by atoms with Crippen LogP contribution in [-0.4, -0.2) is 31.7 Å². The van der Waals surface area contributed by atoms with Gasteiger partial charge < -0.3 is 9.15 Å². The number of carbonyl (C=O) groups is 2. The van der Waals surface area contributed by atoms with Gasteiger partial charge in [-0.3, -0.25) is 9.69 Å². The summed E-state index contributed by atoms with van der Waals surface area (Å²) in [6.45, 7) is 1.55. The molecule has 0 saturated heterocycles. The molecule has 1 aliphatic heterocycles. The van der Waals surface area contributed by atoms with E-state index in [1.54, 1.807) is 19.1 Å². The van der Waals surface area contributed by atoms with Gasteiger partial charge in [0.05, 0.1) is 29.7 Å². The molecule has 0 N–H and O–H groups in total. The number of methoxy groups -OCH3 is 1. The van der Waals surface area contributed by atoms with E-state index >= 15 is 0 Å². The van der Waals surface area contributed by atoms with E-state index in [9.17, 15) is 22.4 Å². The van der Waals surface area contributed by atoms with Crippen LogP contribution >= 0.6 is 11.6 Å². The Bertz CT molecular complexity index is 1830. The Morgan fingerprint density at radius 1 is 0.977 bits per heavy atom. The first-order chi connectivity index (χ1) is 20.6. The highest BCUT2D eigenvalue weighted by Gasteiger charge is 2.38. The molecule has 0 atom stereocenters. The summed E-state index contributed by atoms with van der Waals surface area (Å²) in [5, 5.41) is 0.410. The minimum atomic E-state index is -3.96. The average molecular weight is 621 g/mol. The van der Waals surface area contributed by atoms with Crippen molar-refractivity contribution in [2.75, 3.05) is 12.0 Å². The Labute approximate surface area is 253 Å². The van der Waals surface area contributed by atoms with E-state index in [1.165, 1.54) is 70.9 Å². The predicted molar refractivity (Wildman–Crippen MR) is 160 cm³/mol. The molecule has 0 unspecified atom stereocenters. The van der Waals surface area contributed by atoms with Gasteiger partial charge in [0.15, 0.2) is 0 Å². The van der Waals surface area contributed by atoms with Crippen LogP contribution in [0.2, 0.25) is 5.02 Å². The van der Waals surface area contributed by atoms with Crippen LogP contribution in [0.25, 0.3) is 6.08 Å². The summed E-state index contributed by atoms with van der Waals surface area (Å²) in [5.74, 6) is -1.20. The second kappa shape index (κ2) is 12.4. The van der Waals surface area contributed by atoms with Crippen molar-refractivity contribution >= 4 is 45.3 Å². The highest BCUT2D eigenvalue weighted by Crippen LogP contribution is 2.36. The molecule has 4 aromatic rings. The van der Waals surface area contributed by atoms with Gasteiger partial charge in [0, 0.05) is 23.0 Å². The lowest BCUT2D eigenvalue weighted by atomic mass is 10.1. The number of halogens is 2. The van der Waals surface area contributed by atoms with Crippen LogP contribution in [0.15, 0.2) is 117 Å². The molecule has 0 saturated carbocycles. The average Bonchev–Trinajstić information content (AvgIpc) is 3.54. The number of amides is 1. The monoisotopic (exact) mass is 620 g/mol. The molecular weight excluding hydrogens is 595 g/mol. The molecule has 11 heteroatoms. The summed E-state index contributed by atoms with van der Waals surface area (Å²) >= 11 is 5.98. The topological polar surface area (TPSA) is 97.1 Å². The fraction of sp³-hybridized carbons (Fsp3) is 0.125. The zero-order valence-electron chi connectivity index (χ0n) is 23.2. The third kappa shape index (κ3) is 6.31. The maximum Gasteiger partial charge on any atom is 0.340 e. The van der Waals surface area contributed by atoms with E-state index in [4.69, 9.17) is 20.8 Å². The van der Waals surface area contributed by atoms with Crippen LogP contribution in [0, 0.1) is 5.82 Å². The highest BCUT2D eigenvalue weighted by molar-refractivity contribution is 7.89. The molecule has 0 bridgehead atoms. The maximum absolute atomic E-state index is 13.7. The lowest BCUT2D eigenvalue weighted by molar-refractivity contribution is -0.136. The summed E-state index contributed by atoms with van der Waals surface area (Å²) in [6.07, 6.45) is 1.40. The second-order valence-electron chi connectivity index (χ2n) is 9.64. The Kier molecular flexibility index (Phi) is 8.63. The zero-order valence-corrected chi connectivity index (χ0v) is 24.7. The Morgan fingerprint density at radius 2 is 1.65 bits per heavy atom.